The average Bonchev–Trinajstić information content (AvgIpc) is 2.03. The van der Waals surface area contributed by atoms with E-state index in [-0.39, 0.29) is 13.1 Å². The van der Waals surface area contributed by atoms with Crippen molar-refractivity contribution in [2.24, 2.45) is 5.50 Å². The molecule has 0 aromatic rings. The zero-order chi connectivity index (χ0) is 12.5. The van der Waals surface area contributed by atoms with Gasteiger partial charge in [-0.15, -0.1) is 0 Å². The number of hydrogen-bond acceptors (Lipinski definition) is 2. The molecule has 0 aliphatic carbocycles. The summed E-state index contributed by atoms with van der Waals surface area (Å²) in [5.74, 6) is 0. The predicted molar refractivity (Wildman–Crippen MR) is 61.2 cm³/mol. The Hall–Kier alpha value is 0.880. The molecule has 4 N–H and O–H groups in total. The van der Waals surface area contributed by atoms with Gasteiger partial charge < -0.3 is 9.79 Å². The highest BCUT2D eigenvalue weighted by atomic mass is 35.5. The molecule has 15 heavy (non-hydrogen) atoms. The Bertz CT molecular complexity index is 314. The first-order valence-corrected chi connectivity index (χ1v) is 8.19. The second kappa shape index (κ2) is 5.03. The average molecular weight is 299 g/mol. The molecule has 0 heterocycles. The van der Waals surface area contributed by atoms with Crippen LogP contribution < -0.4 is 5.50 Å². The molecule has 0 aliphatic rings. The number of halogens is 2. The molecule has 0 bridgehead atoms. The topological polar surface area (TPSA) is 104 Å². The van der Waals surface area contributed by atoms with Gasteiger partial charge in [-0.05, 0) is 0 Å². The van der Waals surface area contributed by atoms with Crippen molar-refractivity contribution in [2.75, 3.05) is 13.1 Å². The molecule has 0 radical (unpaired) electrons. The Morgan fingerprint density at radius 2 is 1.60 bits per heavy atom. The Balaban J connectivity index is 5.37. The number of nitrogens with two attached hydrogens (primary N) is 1. The van der Waals surface area contributed by atoms with Crippen LogP contribution in [0.5, 0.6) is 0 Å². The third-order valence-electron chi connectivity index (χ3n) is 1.85. The Labute approximate surface area is 98.4 Å². The first-order valence-electron chi connectivity index (χ1n) is 4.10. The van der Waals surface area contributed by atoms with E-state index >= 15 is 0 Å². The molecule has 0 aromatic heterocycles. The largest absolute Gasteiger partial charge is 0.331 e. The van der Waals surface area contributed by atoms with Crippen LogP contribution in [0.3, 0.4) is 0 Å². The highest BCUT2D eigenvalue weighted by Gasteiger charge is 2.59. The lowest BCUT2D eigenvalue weighted by Crippen LogP contribution is -2.30. The fourth-order valence-corrected chi connectivity index (χ4v) is 4.58. The molecule has 6 nitrogen and oxygen atoms in total. The van der Waals surface area contributed by atoms with E-state index in [1.165, 1.54) is 0 Å². The summed E-state index contributed by atoms with van der Waals surface area (Å²) in [6, 6.07) is 0. The van der Waals surface area contributed by atoms with Crippen molar-refractivity contribution in [3.8, 4) is 0 Å². The van der Waals surface area contributed by atoms with Crippen LogP contribution >= 0.6 is 38.2 Å². The summed E-state index contributed by atoms with van der Waals surface area (Å²) < 4.78 is 21.2. The van der Waals surface area contributed by atoms with Crippen LogP contribution in [0.1, 0.15) is 13.8 Å². The molecular weight excluding hydrogens is 285 g/mol. The van der Waals surface area contributed by atoms with E-state index < -0.39 is 18.9 Å². The molecule has 10 heteroatoms. The van der Waals surface area contributed by atoms with Crippen molar-refractivity contribution in [1.82, 2.24) is 4.67 Å². The summed E-state index contributed by atoms with van der Waals surface area (Å²) in [5.41, 5.74) is 4.83. The smallest absolute Gasteiger partial charge is 0.316 e. The van der Waals surface area contributed by atoms with Crippen LogP contribution in [0.4, 0.5) is 0 Å². The molecule has 0 saturated heterocycles. The van der Waals surface area contributed by atoms with Gasteiger partial charge in [0.05, 0.1) is 0 Å². The maximum atomic E-state index is 11.8. The summed E-state index contributed by atoms with van der Waals surface area (Å²) in [6.07, 6.45) is 0. The number of alkyl halides is 2. The third kappa shape index (κ3) is 2.96. The second-order valence-electron chi connectivity index (χ2n) is 2.82. The van der Waals surface area contributed by atoms with Gasteiger partial charge in [0.1, 0.15) is 0 Å². The van der Waals surface area contributed by atoms with Gasteiger partial charge in [0.2, 0.25) is 0 Å². The zero-order valence-electron chi connectivity index (χ0n) is 8.30. The molecule has 0 saturated carbocycles. The van der Waals surface area contributed by atoms with Crippen LogP contribution in [0.25, 0.3) is 0 Å². The van der Waals surface area contributed by atoms with Gasteiger partial charge in [0.15, 0.2) is 0 Å². The summed E-state index contributed by atoms with van der Waals surface area (Å²) >= 11 is 10.9. The molecule has 2 atom stereocenters. The van der Waals surface area contributed by atoms with Crippen LogP contribution in [-0.4, -0.2) is 31.4 Å². The van der Waals surface area contributed by atoms with Crippen LogP contribution in [0.15, 0.2) is 0 Å². The quantitative estimate of drug-likeness (QED) is 0.528. The van der Waals surface area contributed by atoms with Gasteiger partial charge in [-0.1, -0.05) is 37.0 Å². The number of nitrogens with zero attached hydrogens (tertiary/aromatic N) is 1. The highest BCUT2D eigenvalue weighted by molar-refractivity contribution is 7.81. The molecule has 0 spiro atoms. The van der Waals surface area contributed by atoms with Gasteiger partial charge in [0.25, 0.3) is 3.82 Å². The fourth-order valence-electron chi connectivity index (χ4n) is 0.964. The van der Waals surface area contributed by atoms with E-state index in [0.29, 0.717) is 0 Å². The fraction of sp³-hybridized carbons (Fsp3) is 1.00. The first-order chi connectivity index (χ1) is 6.52. The van der Waals surface area contributed by atoms with Gasteiger partial charge in [-0.25, -0.2) is 4.67 Å². The van der Waals surface area contributed by atoms with Crippen LogP contribution in [0, 0.1) is 0 Å². The lowest BCUT2D eigenvalue weighted by Gasteiger charge is -2.33. The normalized spacial score (nSPS) is 21.1. The monoisotopic (exact) mass is 298 g/mol. The van der Waals surface area contributed by atoms with E-state index in [0.717, 1.165) is 4.67 Å². The molecule has 0 amide bonds. The third-order valence-corrected chi connectivity index (χ3v) is 9.07. The Morgan fingerprint density at radius 1 is 1.27 bits per heavy atom. The van der Waals surface area contributed by atoms with E-state index in [2.05, 4.69) is 0 Å². The van der Waals surface area contributed by atoms with Gasteiger partial charge in [-0.3, -0.25) is 14.6 Å². The second-order valence-corrected chi connectivity index (χ2v) is 9.79. The van der Waals surface area contributed by atoms with Crippen LogP contribution in [0.2, 0.25) is 0 Å². The van der Waals surface area contributed by atoms with Gasteiger partial charge in [0, 0.05) is 13.1 Å². The molecular formula is C5H14Cl2N2O4P2. The molecule has 0 fully saturated rings. The van der Waals surface area contributed by atoms with E-state index in [1.807, 2.05) is 0 Å². The summed E-state index contributed by atoms with van der Waals surface area (Å²) in [5, 5.41) is 0. The van der Waals surface area contributed by atoms with E-state index in [4.69, 9.17) is 33.6 Å². The van der Waals surface area contributed by atoms with Gasteiger partial charge >= 0.3 is 15.0 Å². The van der Waals surface area contributed by atoms with Crippen molar-refractivity contribution in [1.29, 1.82) is 0 Å². The Morgan fingerprint density at radius 3 is 1.80 bits per heavy atom. The SMILES string of the molecule is CCN(CC)P(=O)(O)C(Cl)(Cl)P(N)(=O)O. The van der Waals surface area contributed by atoms with Crippen molar-refractivity contribution in [2.45, 2.75) is 17.7 Å². The maximum absolute atomic E-state index is 11.8. The molecule has 0 rings (SSSR count). The minimum absolute atomic E-state index is 0.158. The lowest BCUT2D eigenvalue weighted by atomic mass is 10.7. The predicted octanol–water partition coefficient (Wildman–Crippen LogP) is 1.75. The van der Waals surface area contributed by atoms with E-state index in [9.17, 15) is 14.0 Å². The lowest BCUT2D eigenvalue weighted by molar-refractivity contribution is 0.361. The first kappa shape index (κ1) is 15.9. The minimum atomic E-state index is -4.59. The van der Waals surface area contributed by atoms with Crippen molar-refractivity contribution in [3.05, 3.63) is 0 Å². The van der Waals surface area contributed by atoms with Crippen molar-refractivity contribution >= 4 is 38.2 Å². The summed E-state index contributed by atoms with van der Waals surface area (Å²) in [7, 11) is -9.00. The minimum Gasteiger partial charge on any atom is -0.331 e. The molecule has 0 aromatic carbocycles. The van der Waals surface area contributed by atoms with Gasteiger partial charge in [-0.2, -0.15) is 0 Å². The number of hydrogen-bond donors (Lipinski definition) is 3. The number of rotatable bonds is 5. The molecule has 92 valence electrons. The molecule has 0 aliphatic heterocycles. The van der Waals surface area contributed by atoms with E-state index in [1.54, 1.807) is 13.8 Å². The zero-order valence-corrected chi connectivity index (χ0v) is 11.6. The Kier molecular flexibility index (Phi) is 5.32. The van der Waals surface area contributed by atoms with Crippen LogP contribution in [-0.2, 0) is 9.13 Å². The van der Waals surface area contributed by atoms with Crippen molar-refractivity contribution < 1.29 is 18.9 Å². The summed E-state index contributed by atoms with van der Waals surface area (Å²) in [6.45, 7) is 3.50. The maximum Gasteiger partial charge on any atom is 0.316 e. The molecule has 2 unspecified atom stereocenters. The highest BCUT2D eigenvalue weighted by Crippen LogP contribution is 2.75. The van der Waals surface area contributed by atoms with Crippen molar-refractivity contribution in [3.63, 3.8) is 0 Å². The summed E-state index contributed by atoms with van der Waals surface area (Å²) in [4.78, 5) is 18.7. The standard InChI is InChI=1S/C5H14Cl2N2O4P2/c1-3-9(4-2)15(12,13)5(6,7)14(8,10)11/h3-4H2,1-2H3,(H,12,13)(H3,8,10,11).